The van der Waals surface area contributed by atoms with E-state index in [2.05, 4.69) is 5.32 Å². The van der Waals surface area contributed by atoms with Gasteiger partial charge in [-0.1, -0.05) is 30.1 Å². The molecule has 1 N–H and O–H groups in total. The summed E-state index contributed by atoms with van der Waals surface area (Å²) in [7, 11) is 0. The van der Waals surface area contributed by atoms with Crippen molar-refractivity contribution in [2.45, 2.75) is 31.7 Å². The molecule has 0 aromatic carbocycles. The van der Waals surface area contributed by atoms with E-state index < -0.39 is 17.4 Å². The van der Waals surface area contributed by atoms with Gasteiger partial charge in [-0.3, -0.25) is 4.79 Å². The maximum Gasteiger partial charge on any atom is 0.329 e. The van der Waals surface area contributed by atoms with Crippen LogP contribution in [0.1, 0.15) is 25.8 Å². The van der Waals surface area contributed by atoms with Crippen molar-refractivity contribution < 1.29 is 14.3 Å². The number of carbonyl (C=O) groups is 2. The van der Waals surface area contributed by atoms with E-state index in [1.54, 1.807) is 13.0 Å². The van der Waals surface area contributed by atoms with Gasteiger partial charge in [0.15, 0.2) is 0 Å². The van der Waals surface area contributed by atoms with Crippen LogP contribution in [-0.4, -0.2) is 24.5 Å². The highest BCUT2D eigenvalue weighted by Gasteiger charge is 2.50. The molecule has 2 heterocycles. The third kappa shape index (κ3) is 2.59. The lowest BCUT2D eigenvalue weighted by molar-refractivity contribution is -0.147. The molecule has 2 unspecified atom stereocenters. The van der Waals surface area contributed by atoms with Gasteiger partial charge in [-0.2, -0.15) is 0 Å². The molecule has 1 saturated heterocycles. The van der Waals surface area contributed by atoms with Gasteiger partial charge < -0.3 is 10.1 Å². The normalized spacial score (nSPS) is 26.3. The van der Waals surface area contributed by atoms with Crippen molar-refractivity contribution in [3.05, 3.63) is 20.3 Å². The lowest BCUT2D eigenvalue weighted by Gasteiger charge is -2.28. The van der Waals surface area contributed by atoms with Gasteiger partial charge in [-0.05, 0) is 18.6 Å². The molecule has 4 nitrogen and oxygen atoms in total. The number of carbonyl (C=O) groups excluding carboxylic acids is 2. The molecule has 19 heavy (non-hydrogen) atoms. The van der Waals surface area contributed by atoms with Gasteiger partial charge >= 0.3 is 5.97 Å². The minimum atomic E-state index is -0.733. The number of esters is 1. The third-order valence-electron chi connectivity index (χ3n) is 3.26. The van der Waals surface area contributed by atoms with Gasteiger partial charge in [0, 0.05) is 11.8 Å². The van der Waals surface area contributed by atoms with Crippen molar-refractivity contribution in [1.29, 1.82) is 0 Å². The van der Waals surface area contributed by atoms with Gasteiger partial charge in [0.1, 0.15) is 6.04 Å². The first kappa shape index (κ1) is 14.6. The van der Waals surface area contributed by atoms with E-state index in [0.29, 0.717) is 14.2 Å². The second kappa shape index (κ2) is 5.31. The Kier molecular flexibility index (Phi) is 4.08. The average molecular weight is 322 g/mol. The minimum Gasteiger partial charge on any atom is -0.464 e. The number of nitrogens with one attached hydrogen (secondary N) is 1. The van der Waals surface area contributed by atoms with Gasteiger partial charge in [0.05, 0.1) is 15.3 Å². The van der Waals surface area contributed by atoms with Crippen LogP contribution < -0.4 is 5.32 Å². The van der Waals surface area contributed by atoms with Crippen molar-refractivity contribution in [3.8, 4) is 0 Å². The second-order valence-electron chi connectivity index (χ2n) is 4.58. The van der Waals surface area contributed by atoms with E-state index >= 15 is 0 Å². The molecule has 1 aliphatic rings. The van der Waals surface area contributed by atoms with Crippen LogP contribution in [0.2, 0.25) is 8.67 Å². The van der Waals surface area contributed by atoms with Crippen LogP contribution in [0.3, 0.4) is 0 Å². The van der Waals surface area contributed by atoms with E-state index in [1.807, 2.05) is 6.92 Å². The number of rotatable bonds is 3. The second-order valence-corrected chi connectivity index (χ2v) is 6.87. The van der Waals surface area contributed by atoms with Crippen LogP contribution in [0.25, 0.3) is 0 Å². The van der Waals surface area contributed by atoms with E-state index in [0.717, 1.165) is 0 Å². The van der Waals surface area contributed by atoms with Crippen LogP contribution in [0.5, 0.6) is 0 Å². The summed E-state index contributed by atoms with van der Waals surface area (Å²) in [5.74, 6) is -0.645. The highest BCUT2D eigenvalue weighted by atomic mass is 35.5. The van der Waals surface area contributed by atoms with E-state index in [9.17, 15) is 9.59 Å². The lowest BCUT2D eigenvalue weighted by Crippen LogP contribution is -2.45. The summed E-state index contributed by atoms with van der Waals surface area (Å²) in [6, 6.07) is 0.976. The molecule has 2 rings (SSSR count). The Hall–Kier alpha value is -0.780. The Morgan fingerprint density at radius 1 is 1.63 bits per heavy atom. The molecule has 0 saturated carbocycles. The Morgan fingerprint density at radius 2 is 2.32 bits per heavy atom. The first-order valence-corrected chi connectivity index (χ1v) is 7.37. The molecule has 7 heteroatoms. The zero-order chi connectivity index (χ0) is 14.2. The quantitative estimate of drug-likeness (QED) is 0.871. The Balaban J connectivity index is 2.41. The molecule has 0 spiro atoms. The Bertz CT molecular complexity index is 531. The summed E-state index contributed by atoms with van der Waals surface area (Å²) in [5.41, 5.74) is -0.0232. The molecule has 1 aromatic rings. The first-order valence-electron chi connectivity index (χ1n) is 5.79. The average Bonchev–Trinajstić information content (AvgIpc) is 2.80. The fourth-order valence-electron chi connectivity index (χ4n) is 2.33. The monoisotopic (exact) mass is 321 g/mol. The van der Waals surface area contributed by atoms with Crippen LogP contribution >= 0.6 is 34.5 Å². The maximum absolute atomic E-state index is 12.0. The van der Waals surface area contributed by atoms with Crippen molar-refractivity contribution in [3.63, 3.8) is 0 Å². The molecular weight excluding hydrogens is 309 g/mol. The molecule has 1 amide bonds. The fourth-order valence-corrected chi connectivity index (χ4v) is 4.06. The van der Waals surface area contributed by atoms with Crippen LogP contribution in [0.15, 0.2) is 6.07 Å². The SMILES string of the molecule is CCOC(=O)C1NC(=O)CC1(C)c1cc(Cl)sc1Cl. The largest absolute Gasteiger partial charge is 0.464 e. The smallest absolute Gasteiger partial charge is 0.329 e. The summed E-state index contributed by atoms with van der Waals surface area (Å²) in [4.78, 5) is 23.7. The maximum atomic E-state index is 12.0. The first-order chi connectivity index (χ1) is 8.88. The highest BCUT2D eigenvalue weighted by Crippen LogP contribution is 2.44. The van der Waals surface area contributed by atoms with Crippen LogP contribution in [-0.2, 0) is 19.7 Å². The predicted molar refractivity (Wildman–Crippen MR) is 74.9 cm³/mol. The van der Waals surface area contributed by atoms with Crippen molar-refractivity contribution >= 4 is 46.4 Å². The third-order valence-corrected chi connectivity index (χ3v) is 4.75. The summed E-state index contributed by atoms with van der Waals surface area (Å²) < 4.78 is 6.04. The molecule has 1 fully saturated rings. The number of halogens is 2. The molecule has 1 aliphatic heterocycles. The minimum absolute atomic E-state index is 0.184. The van der Waals surface area contributed by atoms with Gasteiger partial charge in [-0.25, -0.2) is 4.79 Å². The number of amides is 1. The summed E-state index contributed by atoms with van der Waals surface area (Å²) in [6.45, 7) is 3.80. The van der Waals surface area contributed by atoms with Crippen molar-refractivity contribution in [2.24, 2.45) is 0 Å². The Labute approximate surface area is 125 Å². The van der Waals surface area contributed by atoms with Crippen LogP contribution in [0, 0.1) is 0 Å². The molecule has 1 aromatic heterocycles. The topological polar surface area (TPSA) is 55.4 Å². The number of hydrogen-bond donors (Lipinski definition) is 1. The van der Waals surface area contributed by atoms with E-state index in [4.69, 9.17) is 27.9 Å². The predicted octanol–water partition coefficient (Wildman–Crippen LogP) is 2.76. The molecule has 0 radical (unpaired) electrons. The van der Waals surface area contributed by atoms with Crippen molar-refractivity contribution in [2.75, 3.05) is 6.61 Å². The highest BCUT2D eigenvalue weighted by molar-refractivity contribution is 7.20. The fraction of sp³-hybridized carbons (Fsp3) is 0.500. The molecule has 2 atom stereocenters. The van der Waals surface area contributed by atoms with Crippen LogP contribution in [0.4, 0.5) is 0 Å². The van der Waals surface area contributed by atoms with E-state index in [1.165, 1.54) is 11.3 Å². The molecular formula is C12H13Cl2NO3S. The standard InChI is InChI=1S/C12H13Cl2NO3S/c1-3-18-11(17)9-12(2,5-8(16)15-9)6-4-7(13)19-10(6)14/h4,9H,3,5H2,1-2H3,(H,15,16). The van der Waals surface area contributed by atoms with E-state index in [-0.39, 0.29) is 18.9 Å². The number of thiophene rings is 1. The lowest BCUT2D eigenvalue weighted by atomic mass is 9.77. The summed E-state index contributed by atoms with van der Waals surface area (Å²) in [5, 5.41) is 2.65. The van der Waals surface area contributed by atoms with Gasteiger partial charge in [0.25, 0.3) is 0 Å². The summed E-state index contributed by atoms with van der Waals surface area (Å²) >= 11 is 13.3. The molecule has 0 bridgehead atoms. The zero-order valence-corrected chi connectivity index (χ0v) is 12.8. The summed E-state index contributed by atoms with van der Waals surface area (Å²) in [6.07, 6.45) is 0.184. The molecule has 104 valence electrons. The number of ether oxygens (including phenoxy) is 1. The van der Waals surface area contributed by atoms with Gasteiger partial charge in [-0.15, -0.1) is 11.3 Å². The van der Waals surface area contributed by atoms with Crippen molar-refractivity contribution in [1.82, 2.24) is 5.32 Å². The number of hydrogen-bond acceptors (Lipinski definition) is 4. The Morgan fingerprint density at radius 3 is 2.84 bits per heavy atom. The molecule has 0 aliphatic carbocycles. The van der Waals surface area contributed by atoms with Gasteiger partial charge in [0.2, 0.25) is 5.91 Å². The zero-order valence-electron chi connectivity index (χ0n) is 10.5.